The molecule has 1 aliphatic rings. The van der Waals surface area contributed by atoms with Gasteiger partial charge < -0.3 is 10.1 Å². The zero-order valence-electron chi connectivity index (χ0n) is 9.36. The summed E-state index contributed by atoms with van der Waals surface area (Å²) in [6.45, 7) is 4.94. The van der Waals surface area contributed by atoms with Crippen molar-refractivity contribution in [3.05, 3.63) is 23.9 Å². The van der Waals surface area contributed by atoms with Crippen molar-refractivity contribution in [2.75, 3.05) is 11.9 Å². The highest BCUT2D eigenvalue weighted by Gasteiger charge is 2.29. The van der Waals surface area contributed by atoms with Crippen molar-refractivity contribution in [3.8, 4) is 0 Å². The Kier molecular flexibility index (Phi) is 3.21. The smallest absolute Gasteiger partial charge is 0.129 e. The van der Waals surface area contributed by atoms with E-state index in [1.54, 1.807) is 0 Å². The first-order valence-electron chi connectivity index (χ1n) is 5.59. The molecule has 15 heavy (non-hydrogen) atoms. The molecule has 0 aliphatic heterocycles. The van der Waals surface area contributed by atoms with E-state index in [9.17, 15) is 0 Å². The van der Waals surface area contributed by atoms with Gasteiger partial charge in [0, 0.05) is 18.8 Å². The molecule has 0 saturated heterocycles. The Morgan fingerprint density at radius 1 is 1.53 bits per heavy atom. The summed E-state index contributed by atoms with van der Waals surface area (Å²) in [6.07, 6.45) is 4.48. The molecule has 0 atom stereocenters. The number of ether oxygens (including phenoxy) is 1. The zero-order valence-corrected chi connectivity index (χ0v) is 9.36. The van der Waals surface area contributed by atoms with Gasteiger partial charge in [0.2, 0.25) is 0 Å². The van der Waals surface area contributed by atoms with Crippen LogP contribution in [0.3, 0.4) is 0 Å². The second-order valence-corrected chi connectivity index (χ2v) is 4.06. The van der Waals surface area contributed by atoms with Crippen molar-refractivity contribution in [1.29, 1.82) is 0 Å². The molecule has 3 nitrogen and oxygen atoms in total. The molecule has 2 rings (SSSR count). The second-order valence-electron chi connectivity index (χ2n) is 4.06. The number of nitrogens with one attached hydrogen (secondary N) is 1. The summed E-state index contributed by atoms with van der Waals surface area (Å²) in [6, 6.07) is 4.58. The topological polar surface area (TPSA) is 34.1 Å². The molecule has 1 fully saturated rings. The first-order valence-corrected chi connectivity index (χ1v) is 5.59. The summed E-state index contributed by atoms with van der Waals surface area (Å²) in [7, 11) is 0. The van der Waals surface area contributed by atoms with Crippen molar-refractivity contribution in [1.82, 2.24) is 4.98 Å². The van der Waals surface area contributed by atoms with E-state index >= 15 is 0 Å². The van der Waals surface area contributed by atoms with E-state index < -0.39 is 0 Å². The predicted octanol–water partition coefficient (Wildman–Crippen LogP) is 2.37. The Balaban J connectivity index is 1.82. The van der Waals surface area contributed by atoms with Crippen molar-refractivity contribution in [2.45, 2.75) is 38.8 Å². The number of pyridine rings is 1. The van der Waals surface area contributed by atoms with Crippen LogP contribution >= 0.6 is 0 Å². The third-order valence-electron chi connectivity index (χ3n) is 2.85. The van der Waals surface area contributed by atoms with Crippen LogP contribution in [0.4, 0.5) is 5.82 Å². The fourth-order valence-electron chi connectivity index (χ4n) is 1.89. The maximum Gasteiger partial charge on any atom is 0.129 e. The summed E-state index contributed by atoms with van der Waals surface area (Å²) < 4.78 is 5.52. The molecule has 1 heterocycles. The molecule has 1 saturated carbocycles. The highest BCUT2D eigenvalue weighted by Crippen LogP contribution is 2.26. The van der Waals surface area contributed by atoms with Crippen LogP contribution in [-0.2, 0) is 4.74 Å². The molecule has 0 unspecified atom stereocenters. The molecule has 1 aromatic rings. The number of aryl methyl sites for hydroxylation is 1. The molecule has 3 heteroatoms. The van der Waals surface area contributed by atoms with Crippen molar-refractivity contribution < 1.29 is 4.74 Å². The molecule has 1 N–H and O–H groups in total. The summed E-state index contributed by atoms with van der Waals surface area (Å²) in [5, 5.41) is 3.44. The summed E-state index contributed by atoms with van der Waals surface area (Å²) in [5.41, 5.74) is 1.21. The molecular formula is C12H18N2O. The van der Waals surface area contributed by atoms with E-state index in [-0.39, 0.29) is 0 Å². The lowest BCUT2D eigenvalue weighted by atomic mass is 9.89. The van der Waals surface area contributed by atoms with Crippen LogP contribution in [0.1, 0.15) is 25.3 Å². The Hall–Kier alpha value is -1.09. The summed E-state index contributed by atoms with van der Waals surface area (Å²) >= 11 is 0. The first-order chi connectivity index (χ1) is 7.29. The first kappa shape index (κ1) is 10.4. The lowest BCUT2D eigenvalue weighted by Gasteiger charge is -2.35. The van der Waals surface area contributed by atoms with Crippen LogP contribution in [0.15, 0.2) is 18.3 Å². The van der Waals surface area contributed by atoms with Crippen molar-refractivity contribution in [3.63, 3.8) is 0 Å². The molecule has 0 amide bonds. The number of hydrogen-bond acceptors (Lipinski definition) is 3. The minimum atomic E-state index is 0.455. The van der Waals surface area contributed by atoms with Crippen LogP contribution in [0.25, 0.3) is 0 Å². The SMILES string of the molecule is CCOC1CC(Nc2ncccc2C)C1. The Morgan fingerprint density at radius 2 is 2.33 bits per heavy atom. The van der Waals surface area contributed by atoms with E-state index in [2.05, 4.69) is 23.3 Å². The molecule has 1 aromatic heterocycles. The van der Waals surface area contributed by atoms with E-state index in [0.717, 1.165) is 25.3 Å². The third kappa shape index (κ3) is 2.48. The van der Waals surface area contributed by atoms with Crippen LogP contribution in [0.5, 0.6) is 0 Å². The van der Waals surface area contributed by atoms with Gasteiger partial charge >= 0.3 is 0 Å². The fraction of sp³-hybridized carbons (Fsp3) is 0.583. The maximum absolute atomic E-state index is 5.52. The minimum absolute atomic E-state index is 0.455. The van der Waals surface area contributed by atoms with Gasteiger partial charge in [-0.1, -0.05) is 6.07 Å². The lowest BCUT2D eigenvalue weighted by Crippen LogP contribution is -2.41. The van der Waals surface area contributed by atoms with Crippen molar-refractivity contribution >= 4 is 5.82 Å². The molecule has 82 valence electrons. The predicted molar refractivity (Wildman–Crippen MR) is 61.0 cm³/mol. The zero-order chi connectivity index (χ0) is 10.7. The Morgan fingerprint density at radius 3 is 3.00 bits per heavy atom. The van der Waals surface area contributed by atoms with Crippen LogP contribution in [-0.4, -0.2) is 23.7 Å². The van der Waals surface area contributed by atoms with Gasteiger partial charge in [0.1, 0.15) is 5.82 Å². The second kappa shape index (κ2) is 4.62. The molecule has 0 spiro atoms. The van der Waals surface area contributed by atoms with E-state index in [1.807, 2.05) is 19.2 Å². The number of aromatic nitrogens is 1. The van der Waals surface area contributed by atoms with E-state index in [4.69, 9.17) is 4.74 Å². The minimum Gasteiger partial charge on any atom is -0.378 e. The normalized spacial score (nSPS) is 24.7. The molecule has 0 bridgehead atoms. The monoisotopic (exact) mass is 206 g/mol. The lowest BCUT2D eigenvalue weighted by molar-refractivity contribution is 0.00291. The van der Waals surface area contributed by atoms with Gasteiger partial charge in [-0.05, 0) is 38.3 Å². The largest absolute Gasteiger partial charge is 0.378 e. The quantitative estimate of drug-likeness (QED) is 0.821. The standard InChI is InChI=1S/C12H18N2O/c1-3-15-11-7-10(8-11)14-12-9(2)5-4-6-13-12/h4-6,10-11H,3,7-8H2,1-2H3,(H,13,14). The Bertz CT molecular complexity index is 321. The van der Waals surface area contributed by atoms with Crippen molar-refractivity contribution in [2.24, 2.45) is 0 Å². The van der Waals surface area contributed by atoms with Gasteiger partial charge in [-0.25, -0.2) is 4.98 Å². The number of anilines is 1. The molecule has 0 radical (unpaired) electrons. The van der Waals surface area contributed by atoms with E-state index in [1.165, 1.54) is 5.56 Å². The highest BCUT2D eigenvalue weighted by atomic mass is 16.5. The highest BCUT2D eigenvalue weighted by molar-refractivity contribution is 5.43. The average molecular weight is 206 g/mol. The molecular weight excluding hydrogens is 188 g/mol. The van der Waals surface area contributed by atoms with Gasteiger partial charge in [0.15, 0.2) is 0 Å². The molecule has 0 aromatic carbocycles. The number of hydrogen-bond donors (Lipinski definition) is 1. The van der Waals surface area contributed by atoms with E-state index in [0.29, 0.717) is 12.1 Å². The van der Waals surface area contributed by atoms with Crippen LogP contribution in [0, 0.1) is 6.92 Å². The van der Waals surface area contributed by atoms with Gasteiger partial charge in [0.25, 0.3) is 0 Å². The summed E-state index contributed by atoms with van der Waals surface area (Å²) in [5.74, 6) is 1.01. The number of nitrogens with zero attached hydrogens (tertiary/aromatic N) is 1. The summed E-state index contributed by atoms with van der Waals surface area (Å²) in [4.78, 5) is 4.32. The van der Waals surface area contributed by atoms with Gasteiger partial charge in [-0.2, -0.15) is 0 Å². The number of rotatable bonds is 4. The third-order valence-corrected chi connectivity index (χ3v) is 2.85. The molecule has 1 aliphatic carbocycles. The van der Waals surface area contributed by atoms with Crippen LogP contribution < -0.4 is 5.32 Å². The van der Waals surface area contributed by atoms with Gasteiger partial charge in [0.05, 0.1) is 6.10 Å². The Labute approximate surface area is 90.9 Å². The van der Waals surface area contributed by atoms with Crippen LogP contribution in [0.2, 0.25) is 0 Å². The van der Waals surface area contributed by atoms with Gasteiger partial charge in [-0.15, -0.1) is 0 Å². The van der Waals surface area contributed by atoms with Gasteiger partial charge in [-0.3, -0.25) is 0 Å². The maximum atomic E-state index is 5.52. The fourth-order valence-corrected chi connectivity index (χ4v) is 1.89. The average Bonchev–Trinajstić information content (AvgIpc) is 2.18.